The van der Waals surface area contributed by atoms with Crippen LogP contribution in [0.3, 0.4) is 0 Å². The van der Waals surface area contributed by atoms with Gasteiger partial charge >= 0.3 is 0 Å². The van der Waals surface area contributed by atoms with E-state index in [4.69, 9.17) is 4.74 Å². The van der Waals surface area contributed by atoms with Gasteiger partial charge in [-0.3, -0.25) is 0 Å². The molecule has 0 amide bonds. The van der Waals surface area contributed by atoms with Crippen LogP contribution in [0, 0.1) is 17.6 Å². The van der Waals surface area contributed by atoms with Crippen LogP contribution < -0.4 is 4.74 Å². The lowest BCUT2D eigenvalue weighted by atomic mass is 10.1. The fourth-order valence-corrected chi connectivity index (χ4v) is 1.97. The molecule has 1 aliphatic carbocycles. The van der Waals surface area contributed by atoms with Gasteiger partial charge in [-0.1, -0.05) is 12.8 Å². The fourth-order valence-electron chi connectivity index (χ4n) is 1.97. The fraction of sp³-hybridized carbons (Fsp3) is 0.500. The van der Waals surface area contributed by atoms with Crippen LogP contribution >= 0.6 is 0 Å². The van der Waals surface area contributed by atoms with Crippen LogP contribution in [0.1, 0.15) is 25.7 Å². The average Bonchev–Trinajstić information content (AvgIpc) is 2.72. The second-order valence-electron chi connectivity index (χ2n) is 4.04. The summed E-state index contributed by atoms with van der Waals surface area (Å²) < 4.78 is 31.2. The topological polar surface area (TPSA) is 9.23 Å². The molecule has 0 bridgehead atoms. The Morgan fingerprint density at radius 2 is 1.93 bits per heavy atom. The SMILES string of the molecule is Fc1ccc(F)c(OCC2CCCC2)c1. The molecule has 1 aliphatic rings. The summed E-state index contributed by atoms with van der Waals surface area (Å²) in [4.78, 5) is 0. The predicted octanol–water partition coefficient (Wildman–Crippen LogP) is 3.53. The molecule has 15 heavy (non-hydrogen) atoms. The van der Waals surface area contributed by atoms with Crippen LogP contribution in [0.5, 0.6) is 5.75 Å². The van der Waals surface area contributed by atoms with Gasteiger partial charge in [-0.2, -0.15) is 0 Å². The van der Waals surface area contributed by atoms with Gasteiger partial charge in [0, 0.05) is 6.07 Å². The quantitative estimate of drug-likeness (QED) is 0.744. The number of halogens is 2. The van der Waals surface area contributed by atoms with Gasteiger partial charge in [0.2, 0.25) is 0 Å². The molecule has 0 spiro atoms. The molecule has 0 aliphatic heterocycles. The third-order valence-corrected chi connectivity index (χ3v) is 2.84. The van der Waals surface area contributed by atoms with E-state index >= 15 is 0 Å². The maximum Gasteiger partial charge on any atom is 0.165 e. The third-order valence-electron chi connectivity index (χ3n) is 2.84. The molecule has 1 aromatic rings. The third kappa shape index (κ3) is 2.67. The maximum atomic E-state index is 13.2. The van der Waals surface area contributed by atoms with Crippen molar-refractivity contribution in [2.45, 2.75) is 25.7 Å². The Labute approximate surface area is 88.1 Å². The van der Waals surface area contributed by atoms with Gasteiger partial charge in [0.1, 0.15) is 5.82 Å². The lowest BCUT2D eigenvalue weighted by molar-refractivity contribution is 0.241. The van der Waals surface area contributed by atoms with Crippen molar-refractivity contribution < 1.29 is 13.5 Å². The summed E-state index contributed by atoms with van der Waals surface area (Å²) in [6.45, 7) is 0.500. The Hall–Kier alpha value is -1.12. The van der Waals surface area contributed by atoms with Crippen LogP contribution in [-0.2, 0) is 0 Å². The van der Waals surface area contributed by atoms with E-state index in [1.165, 1.54) is 12.8 Å². The smallest absolute Gasteiger partial charge is 0.165 e. The van der Waals surface area contributed by atoms with Crippen LogP contribution in [0.4, 0.5) is 8.78 Å². The maximum absolute atomic E-state index is 13.2. The highest BCUT2D eigenvalue weighted by molar-refractivity contribution is 5.24. The molecule has 0 atom stereocenters. The van der Waals surface area contributed by atoms with E-state index in [1.54, 1.807) is 0 Å². The van der Waals surface area contributed by atoms with E-state index in [9.17, 15) is 8.78 Å². The van der Waals surface area contributed by atoms with E-state index in [-0.39, 0.29) is 5.75 Å². The minimum atomic E-state index is -0.491. The molecule has 0 radical (unpaired) electrons. The van der Waals surface area contributed by atoms with E-state index in [0.717, 1.165) is 31.0 Å². The summed E-state index contributed by atoms with van der Waals surface area (Å²) in [5.41, 5.74) is 0. The van der Waals surface area contributed by atoms with Crippen LogP contribution in [0.25, 0.3) is 0 Å². The molecule has 3 heteroatoms. The molecular weight excluding hydrogens is 198 g/mol. The molecule has 82 valence electrons. The first-order valence-corrected chi connectivity index (χ1v) is 5.33. The van der Waals surface area contributed by atoms with Crippen molar-refractivity contribution in [3.63, 3.8) is 0 Å². The van der Waals surface area contributed by atoms with E-state index in [0.29, 0.717) is 12.5 Å². The zero-order valence-electron chi connectivity index (χ0n) is 8.51. The summed E-state index contributed by atoms with van der Waals surface area (Å²) >= 11 is 0. The summed E-state index contributed by atoms with van der Waals surface area (Å²) in [7, 11) is 0. The van der Waals surface area contributed by atoms with Gasteiger partial charge < -0.3 is 4.74 Å². The molecule has 2 rings (SSSR count). The number of benzene rings is 1. The van der Waals surface area contributed by atoms with E-state index < -0.39 is 11.6 Å². The second-order valence-corrected chi connectivity index (χ2v) is 4.04. The zero-order chi connectivity index (χ0) is 10.7. The number of hydrogen-bond donors (Lipinski definition) is 0. The van der Waals surface area contributed by atoms with Crippen molar-refractivity contribution in [3.8, 4) is 5.75 Å². The standard InChI is InChI=1S/C12H14F2O/c13-10-5-6-11(14)12(7-10)15-8-9-3-1-2-4-9/h5-7,9H,1-4,8H2. The lowest BCUT2D eigenvalue weighted by Gasteiger charge is -2.11. The Kier molecular flexibility index (Phi) is 3.19. The van der Waals surface area contributed by atoms with Crippen molar-refractivity contribution in [1.29, 1.82) is 0 Å². The van der Waals surface area contributed by atoms with Crippen molar-refractivity contribution >= 4 is 0 Å². The molecule has 1 saturated carbocycles. The van der Waals surface area contributed by atoms with Crippen LogP contribution in [0.2, 0.25) is 0 Å². The zero-order valence-corrected chi connectivity index (χ0v) is 8.51. The summed E-state index contributed by atoms with van der Waals surface area (Å²) in [5.74, 6) is -0.415. The Bertz CT molecular complexity index is 332. The first-order valence-electron chi connectivity index (χ1n) is 5.33. The van der Waals surface area contributed by atoms with Crippen LogP contribution in [0.15, 0.2) is 18.2 Å². The highest BCUT2D eigenvalue weighted by Gasteiger charge is 2.16. The largest absolute Gasteiger partial charge is 0.490 e. The van der Waals surface area contributed by atoms with Gasteiger partial charge in [0.25, 0.3) is 0 Å². The van der Waals surface area contributed by atoms with Crippen molar-refractivity contribution in [2.75, 3.05) is 6.61 Å². The molecule has 0 saturated heterocycles. The number of hydrogen-bond acceptors (Lipinski definition) is 1. The summed E-state index contributed by atoms with van der Waals surface area (Å²) in [5, 5.41) is 0. The van der Waals surface area contributed by atoms with Crippen LogP contribution in [-0.4, -0.2) is 6.61 Å². The molecule has 0 N–H and O–H groups in total. The molecule has 1 fully saturated rings. The Balaban J connectivity index is 1.94. The minimum Gasteiger partial charge on any atom is -0.490 e. The number of ether oxygens (including phenoxy) is 1. The Morgan fingerprint density at radius 1 is 1.20 bits per heavy atom. The highest BCUT2D eigenvalue weighted by atomic mass is 19.1. The van der Waals surface area contributed by atoms with E-state index in [2.05, 4.69) is 0 Å². The van der Waals surface area contributed by atoms with E-state index in [1.807, 2.05) is 0 Å². The highest BCUT2D eigenvalue weighted by Crippen LogP contribution is 2.26. The first-order chi connectivity index (χ1) is 7.25. The average molecular weight is 212 g/mol. The first kappa shape index (κ1) is 10.4. The molecular formula is C12H14F2O. The van der Waals surface area contributed by atoms with Crippen molar-refractivity contribution in [1.82, 2.24) is 0 Å². The van der Waals surface area contributed by atoms with Gasteiger partial charge in [0.15, 0.2) is 11.6 Å². The van der Waals surface area contributed by atoms with Gasteiger partial charge in [-0.25, -0.2) is 8.78 Å². The minimum absolute atomic E-state index is 0.0295. The predicted molar refractivity (Wildman–Crippen MR) is 53.8 cm³/mol. The second kappa shape index (κ2) is 4.60. The van der Waals surface area contributed by atoms with Gasteiger partial charge in [-0.15, -0.1) is 0 Å². The lowest BCUT2D eigenvalue weighted by Crippen LogP contribution is -2.09. The summed E-state index contributed by atoms with van der Waals surface area (Å²) in [6.07, 6.45) is 4.72. The van der Waals surface area contributed by atoms with Crippen molar-refractivity contribution in [3.05, 3.63) is 29.8 Å². The molecule has 1 aromatic carbocycles. The molecule has 0 heterocycles. The molecule has 1 nitrogen and oxygen atoms in total. The molecule has 0 unspecified atom stereocenters. The monoisotopic (exact) mass is 212 g/mol. The molecule has 0 aromatic heterocycles. The number of rotatable bonds is 3. The van der Waals surface area contributed by atoms with Gasteiger partial charge in [-0.05, 0) is 30.9 Å². The van der Waals surface area contributed by atoms with Gasteiger partial charge in [0.05, 0.1) is 6.61 Å². The summed E-state index contributed by atoms with van der Waals surface area (Å²) in [6, 6.07) is 3.29. The van der Waals surface area contributed by atoms with Crippen molar-refractivity contribution in [2.24, 2.45) is 5.92 Å². The normalized spacial score (nSPS) is 16.9. The Morgan fingerprint density at radius 3 is 2.67 bits per heavy atom.